The Bertz CT molecular complexity index is 306. The van der Waals surface area contributed by atoms with Crippen LogP contribution in [0.15, 0.2) is 0 Å². The third-order valence-corrected chi connectivity index (χ3v) is 3.08. The van der Waals surface area contributed by atoms with Gasteiger partial charge in [-0.2, -0.15) is 0 Å². The van der Waals surface area contributed by atoms with Crippen LogP contribution in [-0.4, -0.2) is 53.1 Å². The number of nitrogens with two attached hydrogens (primary N) is 1. The number of amides is 1. The van der Waals surface area contributed by atoms with Gasteiger partial charge in [-0.05, 0) is 33.6 Å². The second kappa shape index (κ2) is 5.40. The van der Waals surface area contributed by atoms with Crippen molar-refractivity contribution in [3.05, 3.63) is 0 Å². The van der Waals surface area contributed by atoms with Crippen LogP contribution in [0.2, 0.25) is 0 Å². The van der Waals surface area contributed by atoms with Crippen molar-refractivity contribution in [1.82, 2.24) is 4.90 Å². The first-order chi connectivity index (χ1) is 8.18. The molecule has 5 nitrogen and oxygen atoms in total. The Hall–Kier alpha value is -0.880. The van der Waals surface area contributed by atoms with Crippen LogP contribution < -0.4 is 5.73 Å². The van der Waals surface area contributed by atoms with E-state index in [-0.39, 0.29) is 19.6 Å². The minimum absolute atomic E-state index is 0.0780. The fourth-order valence-electron chi connectivity index (χ4n) is 1.95. The molecule has 0 aromatic heterocycles. The highest BCUT2D eigenvalue weighted by atomic mass is 19.1. The number of carbonyl (C=O) groups is 1. The summed E-state index contributed by atoms with van der Waals surface area (Å²) in [6, 6.07) is 0. The normalized spacial score (nSPS) is 29.2. The van der Waals surface area contributed by atoms with Gasteiger partial charge in [-0.25, -0.2) is 9.18 Å². The Kier molecular flexibility index (Phi) is 4.55. The highest BCUT2D eigenvalue weighted by Crippen LogP contribution is 2.26. The zero-order chi connectivity index (χ0) is 14.0. The number of hydrogen-bond acceptors (Lipinski definition) is 4. The average molecular weight is 262 g/mol. The molecule has 1 amide bonds. The molecule has 1 fully saturated rings. The van der Waals surface area contributed by atoms with Gasteiger partial charge in [-0.15, -0.1) is 0 Å². The van der Waals surface area contributed by atoms with E-state index in [1.807, 2.05) is 0 Å². The number of likely N-dealkylation sites (tertiary alicyclic amines) is 1. The van der Waals surface area contributed by atoms with Crippen molar-refractivity contribution in [3.8, 4) is 0 Å². The SMILES string of the molecule is CC(C)(C)OC(=O)N1CCC(N)(CCO)C(F)C1. The maximum atomic E-state index is 14.0. The van der Waals surface area contributed by atoms with Crippen molar-refractivity contribution in [2.75, 3.05) is 19.7 Å². The van der Waals surface area contributed by atoms with E-state index in [0.717, 1.165) is 0 Å². The van der Waals surface area contributed by atoms with E-state index in [4.69, 9.17) is 15.6 Å². The number of nitrogens with zero attached hydrogens (tertiary/aromatic N) is 1. The standard InChI is InChI=1S/C12H23FN2O3/c1-11(2,3)18-10(17)15-6-4-12(14,5-7-16)9(13)8-15/h9,16H,4-8,14H2,1-3H3. The number of carbonyl (C=O) groups excluding carboxylic acids is 1. The van der Waals surface area contributed by atoms with E-state index < -0.39 is 23.4 Å². The molecule has 18 heavy (non-hydrogen) atoms. The average Bonchev–Trinajstić information content (AvgIpc) is 2.20. The van der Waals surface area contributed by atoms with Crippen molar-refractivity contribution < 1.29 is 19.0 Å². The van der Waals surface area contributed by atoms with Crippen LogP contribution in [0.4, 0.5) is 9.18 Å². The molecule has 6 heteroatoms. The fraction of sp³-hybridized carbons (Fsp3) is 0.917. The maximum Gasteiger partial charge on any atom is 0.410 e. The Morgan fingerprint density at radius 1 is 1.61 bits per heavy atom. The molecule has 2 atom stereocenters. The Labute approximate surface area is 107 Å². The van der Waals surface area contributed by atoms with Crippen LogP contribution in [-0.2, 0) is 4.74 Å². The molecule has 106 valence electrons. The highest BCUT2D eigenvalue weighted by molar-refractivity contribution is 5.68. The van der Waals surface area contributed by atoms with Crippen LogP contribution in [0.25, 0.3) is 0 Å². The molecule has 0 aliphatic carbocycles. The first-order valence-electron chi connectivity index (χ1n) is 6.20. The topological polar surface area (TPSA) is 75.8 Å². The third kappa shape index (κ3) is 3.81. The summed E-state index contributed by atoms with van der Waals surface area (Å²) in [4.78, 5) is 13.1. The zero-order valence-electron chi connectivity index (χ0n) is 11.3. The fourth-order valence-corrected chi connectivity index (χ4v) is 1.95. The number of alkyl halides is 1. The van der Waals surface area contributed by atoms with E-state index in [1.54, 1.807) is 20.8 Å². The van der Waals surface area contributed by atoms with E-state index in [1.165, 1.54) is 4.90 Å². The van der Waals surface area contributed by atoms with E-state index in [0.29, 0.717) is 13.0 Å². The van der Waals surface area contributed by atoms with Gasteiger partial charge in [0, 0.05) is 13.2 Å². The van der Waals surface area contributed by atoms with Gasteiger partial charge in [0.2, 0.25) is 0 Å². The van der Waals surface area contributed by atoms with Crippen LogP contribution in [0, 0.1) is 0 Å². The van der Waals surface area contributed by atoms with E-state index >= 15 is 0 Å². The first kappa shape index (κ1) is 15.2. The van der Waals surface area contributed by atoms with Crippen LogP contribution >= 0.6 is 0 Å². The van der Waals surface area contributed by atoms with Gasteiger partial charge in [-0.1, -0.05) is 0 Å². The van der Waals surface area contributed by atoms with Gasteiger partial charge in [0.15, 0.2) is 0 Å². The highest BCUT2D eigenvalue weighted by Gasteiger charge is 2.42. The summed E-state index contributed by atoms with van der Waals surface area (Å²) in [6.07, 6.45) is -1.33. The zero-order valence-corrected chi connectivity index (χ0v) is 11.3. The molecule has 1 aliphatic heterocycles. The van der Waals surface area contributed by atoms with Gasteiger partial charge < -0.3 is 20.5 Å². The largest absolute Gasteiger partial charge is 0.444 e. The maximum absolute atomic E-state index is 14.0. The van der Waals surface area contributed by atoms with Crippen LogP contribution in [0.1, 0.15) is 33.6 Å². The molecule has 0 aromatic carbocycles. The lowest BCUT2D eigenvalue weighted by Gasteiger charge is -2.41. The van der Waals surface area contributed by atoms with Gasteiger partial charge in [-0.3, -0.25) is 0 Å². The molecule has 0 radical (unpaired) electrons. The van der Waals surface area contributed by atoms with E-state index in [2.05, 4.69) is 0 Å². The first-order valence-corrected chi connectivity index (χ1v) is 6.20. The number of rotatable bonds is 2. The molecule has 0 bridgehead atoms. The van der Waals surface area contributed by atoms with Crippen molar-refractivity contribution in [3.63, 3.8) is 0 Å². The summed E-state index contributed by atoms with van der Waals surface area (Å²) in [5, 5.41) is 8.88. The van der Waals surface area contributed by atoms with Crippen LogP contribution in [0.5, 0.6) is 0 Å². The van der Waals surface area contributed by atoms with Gasteiger partial charge in [0.05, 0.1) is 12.1 Å². The number of halogens is 1. The third-order valence-electron chi connectivity index (χ3n) is 3.08. The second-order valence-corrected chi connectivity index (χ2v) is 5.85. The Morgan fingerprint density at radius 3 is 2.67 bits per heavy atom. The smallest absolute Gasteiger partial charge is 0.410 e. The molecule has 0 aromatic rings. The molecule has 1 aliphatic rings. The van der Waals surface area contributed by atoms with Crippen molar-refractivity contribution in [2.45, 2.75) is 50.9 Å². The van der Waals surface area contributed by atoms with E-state index in [9.17, 15) is 9.18 Å². The Morgan fingerprint density at radius 2 is 2.22 bits per heavy atom. The number of hydrogen-bond donors (Lipinski definition) is 2. The number of aliphatic hydroxyl groups is 1. The molecule has 1 saturated heterocycles. The monoisotopic (exact) mass is 262 g/mol. The summed E-state index contributed by atoms with van der Waals surface area (Å²) in [5.74, 6) is 0. The van der Waals surface area contributed by atoms with Crippen molar-refractivity contribution in [1.29, 1.82) is 0 Å². The molecule has 3 N–H and O–H groups in total. The summed E-state index contributed by atoms with van der Waals surface area (Å²) in [5.41, 5.74) is 4.26. The number of ether oxygens (including phenoxy) is 1. The molecule has 2 unspecified atom stereocenters. The Balaban J connectivity index is 2.58. The summed E-state index contributed by atoms with van der Waals surface area (Å²) >= 11 is 0. The predicted molar refractivity (Wildman–Crippen MR) is 65.9 cm³/mol. The molecule has 1 heterocycles. The lowest BCUT2D eigenvalue weighted by molar-refractivity contribution is -0.00232. The number of aliphatic hydroxyl groups excluding tert-OH is 1. The summed E-state index contributed by atoms with van der Waals surface area (Å²) in [7, 11) is 0. The lowest BCUT2D eigenvalue weighted by Crippen LogP contribution is -2.60. The minimum atomic E-state index is -1.34. The molecular weight excluding hydrogens is 239 g/mol. The lowest BCUT2D eigenvalue weighted by atomic mass is 9.84. The van der Waals surface area contributed by atoms with Gasteiger partial charge in [0.25, 0.3) is 0 Å². The van der Waals surface area contributed by atoms with Crippen molar-refractivity contribution in [2.24, 2.45) is 5.73 Å². The molecule has 0 saturated carbocycles. The molecule has 1 rings (SSSR count). The molecular formula is C12H23FN2O3. The quantitative estimate of drug-likeness (QED) is 0.780. The van der Waals surface area contributed by atoms with Gasteiger partial charge >= 0.3 is 6.09 Å². The van der Waals surface area contributed by atoms with Crippen LogP contribution in [0.3, 0.4) is 0 Å². The van der Waals surface area contributed by atoms with Gasteiger partial charge in [0.1, 0.15) is 11.8 Å². The molecule has 0 spiro atoms. The summed E-state index contributed by atoms with van der Waals surface area (Å²) in [6.45, 7) is 5.42. The summed E-state index contributed by atoms with van der Waals surface area (Å²) < 4.78 is 19.2. The second-order valence-electron chi connectivity index (χ2n) is 5.85. The predicted octanol–water partition coefficient (Wildman–Crippen LogP) is 1.05. The number of piperidine rings is 1. The van der Waals surface area contributed by atoms with Crippen molar-refractivity contribution >= 4 is 6.09 Å². The minimum Gasteiger partial charge on any atom is -0.444 e.